The van der Waals surface area contributed by atoms with Crippen LogP contribution in [0.2, 0.25) is 5.02 Å². The molecule has 3 nitrogen and oxygen atoms in total. The second kappa shape index (κ2) is 7.17. The first-order valence-corrected chi connectivity index (χ1v) is 6.88. The lowest BCUT2D eigenvalue weighted by Gasteiger charge is -2.08. The number of phenols is 1. The van der Waals surface area contributed by atoms with E-state index in [-0.39, 0.29) is 5.75 Å². The lowest BCUT2D eigenvalue weighted by atomic mass is 10.1. The quantitative estimate of drug-likeness (QED) is 0.802. The highest BCUT2D eigenvalue weighted by molar-refractivity contribution is 6.30. The van der Waals surface area contributed by atoms with E-state index in [1.165, 1.54) is 5.56 Å². The summed E-state index contributed by atoms with van der Waals surface area (Å²) in [6.07, 6.45) is 0.926. The Morgan fingerprint density at radius 3 is 2.75 bits per heavy atom. The molecule has 0 fully saturated rings. The number of aromatic hydroxyl groups is 1. The van der Waals surface area contributed by atoms with Gasteiger partial charge in [-0.25, -0.2) is 0 Å². The number of methoxy groups -OCH3 is 1. The van der Waals surface area contributed by atoms with Gasteiger partial charge in [-0.2, -0.15) is 0 Å². The SMILES string of the molecule is COc1cc(CNCCc2cccc(Cl)c2)ccc1O. The molecule has 2 rings (SSSR count). The molecule has 0 spiro atoms. The van der Waals surface area contributed by atoms with Crippen LogP contribution in [-0.2, 0) is 13.0 Å². The molecule has 0 bridgehead atoms. The topological polar surface area (TPSA) is 41.5 Å². The summed E-state index contributed by atoms with van der Waals surface area (Å²) in [5.41, 5.74) is 2.29. The Morgan fingerprint density at radius 1 is 1.15 bits per heavy atom. The molecule has 2 aromatic carbocycles. The van der Waals surface area contributed by atoms with Crippen molar-refractivity contribution >= 4 is 11.6 Å². The van der Waals surface area contributed by atoms with Gasteiger partial charge in [0.2, 0.25) is 0 Å². The third-order valence-electron chi connectivity index (χ3n) is 3.05. The lowest BCUT2D eigenvalue weighted by Crippen LogP contribution is -2.16. The van der Waals surface area contributed by atoms with Crippen LogP contribution in [0.3, 0.4) is 0 Å². The van der Waals surface area contributed by atoms with Gasteiger partial charge in [-0.05, 0) is 48.4 Å². The third-order valence-corrected chi connectivity index (χ3v) is 3.29. The number of ether oxygens (including phenoxy) is 1. The first-order valence-electron chi connectivity index (χ1n) is 6.50. The summed E-state index contributed by atoms with van der Waals surface area (Å²) in [5, 5.41) is 13.7. The summed E-state index contributed by atoms with van der Waals surface area (Å²) >= 11 is 5.94. The van der Waals surface area contributed by atoms with Crippen LogP contribution in [0.4, 0.5) is 0 Å². The van der Waals surface area contributed by atoms with E-state index in [1.807, 2.05) is 30.3 Å². The van der Waals surface area contributed by atoms with E-state index >= 15 is 0 Å². The standard InChI is InChI=1S/C16H18ClNO2/c1-20-16-10-13(5-6-15(16)19)11-18-8-7-12-3-2-4-14(17)9-12/h2-6,9-10,18-19H,7-8,11H2,1H3. The smallest absolute Gasteiger partial charge is 0.160 e. The van der Waals surface area contributed by atoms with Crippen molar-refractivity contribution in [3.8, 4) is 11.5 Å². The number of hydrogen-bond donors (Lipinski definition) is 2. The van der Waals surface area contributed by atoms with Crippen molar-refractivity contribution < 1.29 is 9.84 Å². The number of halogens is 1. The van der Waals surface area contributed by atoms with E-state index in [2.05, 4.69) is 11.4 Å². The largest absolute Gasteiger partial charge is 0.504 e. The molecule has 0 atom stereocenters. The van der Waals surface area contributed by atoms with Gasteiger partial charge in [0.25, 0.3) is 0 Å². The number of phenolic OH excluding ortho intramolecular Hbond substituents is 1. The molecular weight excluding hydrogens is 274 g/mol. The highest BCUT2D eigenvalue weighted by Crippen LogP contribution is 2.26. The van der Waals surface area contributed by atoms with Crippen LogP contribution in [0, 0.1) is 0 Å². The zero-order chi connectivity index (χ0) is 14.4. The fourth-order valence-corrected chi connectivity index (χ4v) is 2.20. The number of rotatable bonds is 6. The molecule has 0 aliphatic rings. The average Bonchev–Trinajstić information content (AvgIpc) is 2.45. The van der Waals surface area contributed by atoms with Gasteiger partial charge in [0.1, 0.15) is 0 Å². The van der Waals surface area contributed by atoms with E-state index < -0.39 is 0 Å². The van der Waals surface area contributed by atoms with Crippen LogP contribution in [0.5, 0.6) is 11.5 Å². The molecule has 0 aromatic heterocycles. The van der Waals surface area contributed by atoms with Gasteiger partial charge in [-0.15, -0.1) is 0 Å². The molecule has 2 aromatic rings. The van der Waals surface area contributed by atoms with Crippen LogP contribution in [0.1, 0.15) is 11.1 Å². The van der Waals surface area contributed by atoms with E-state index in [0.717, 1.165) is 30.1 Å². The minimum absolute atomic E-state index is 0.162. The van der Waals surface area contributed by atoms with Gasteiger partial charge in [0.15, 0.2) is 11.5 Å². The maximum absolute atomic E-state index is 9.52. The second-order valence-corrected chi connectivity index (χ2v) is 5.00. The Bertz CT molecular complexity index is 572. The number of hydrogen-bond acceptors (Lipinski definition) is 3. The fourth-order valence-electron chi connectivity index (χ4n) is 1.99. The Balaban J connectivity index is 1.81. The Labute approximate surface area is 124 Å². The van der Waals surface area contributed by atoms with Crippen LogP contribution in [0.15, 0.2) is 42.5 Å². The molecule has 0 radical (unpaired) electrons. The molecule has 2 N–H and O–H groups in total. The first-order chi connectivity index (χ1) is 9.69. The van der Waals surface area contributed by atoms with Gasteiger partial charge >= 0.3 is 0 Å². The van der Waals surface area contributed by atoms with Crippen molar-refractivity contribution in [2.24, 2.45) is 0 Å². The van der Waals surface area contributed by atoms with E-state index in [9.17, 15) is 5.11 Å². The van der Waals surface area contributed by atoms with Crippen molar-refractivity contribution in [2.45, 2.75) is 13.0 Å². The molecule has 0 aliphatic carbocycles. The molecule has 0 saturated heterocycles. The molecule has 106 valence electrons. The molecule has 0 unspecified atom stereocenters. The van der Waals surface area contributed by atoms with E-state index in [0.29, 0.717) is 5.75 Å². The highest BCUT2D eigenvalue weighted by Gasteiger charge is 2.02. The second-order valence-electron chi connectivity index (χ2n) is 4.56. The van der Waals surface area contributed by atoms with Crippen LogP contribution in [0.25, 0.3) is 0 Å². The summed E-state index contributed by atoms with van der Waals surface area (Å²) in [4.78, 5) is 0. The zero-order valence-corrected chi connectivity index (χ0v) is 12.2. The van der Waals surface area contributed by atoms with Gasteiger partial charge in [0, 0.05) is 11.6 Å². The number of benzene rings is 2. The maximum Gasteiger partial charge on any atom is 0.160 e. The van der Waals surface area contributed by atoms with Gasteiger partial charge in [-0.1, -0.05) is 29.8 Å². The fraction of sp³-hybridized carbons (Fsp3) is 0.250. The normalized spacial score (nSPS) is 10.5. The molecular formula is C16H18ClNO2. The highest BCUT2D eigenvalue weighted by atomic mass is 35.5. The molecule has 0 aliphatic heterocycles. The minimum atomic E-state index is 0.162. The lowest BCUT2D eigenvalue weighted by molar-refractivity contribution is 0.373. The zero-order valence-electron chi connectivity index (χ0n) is 11.4. The van der Waals surface area contributed by atoms with Crippen molar-refractivity contribution in [1.82, 2.24) is 5.32 Å². The third kappa shape index (κ3) is 4.15. The van der Waals surface area contributed by atoms with Crippen molar-refractivity contribution in [2.75, 3.05) is 13.7 Å². The summed E-state index contributed by atoms with van der Waals surface area (Å²) in [7, 11) is 1.55. The van der Waals surface area contributed by atoms with Gasteiger partial charge in [-0.3, -0.25) is 0 Å². The predicted molar refractivity (Wildman–Crippen MR) is 81.5 cm³/mol. The summed E-state index contributed by atoms with van der Waals surface area (Å²) in [5.74, 6) is 0.661. The van der Waals surface area contributed by atoms with Gasteiger partial charge in [0.05, 0.1) is 7.11 Å². The predicted octanol–water partition coefficient (Wildman–Crippen LogP) is 3.39. The molecule has 20 heavy (non-hydrogen) atoms. The van der Waals surface area contributed by atoms with E-state index in [4.69, 9.17) is 16.3 Å². The molecule has 0 saturated carbocycles. The average molecular weight is 292 g/mol. The van der Waals surface area contributed by atoms with Crippen molar-refractivity contribution in [3.05, 3.63) is 58.6 Å². The Hall–Kier alpha value is -1.71. The Kier molecular flexibility index (Phi) is 5.27. The monoisotopic (exact) mass is 291 g/mol. The summed E-state index contributed by atoms with van der Waals surface area (Å²) in [6.45, 7) is 1.60. The minimum Gasteiger partial charge on any atom is -0.504 e. The van der Waals surface area contributed by atoms with Crippen LogP contribution < -0.4 is 10.1 Å². The van der Waals surface area contributed by atoms with Crippen molar-refractivity contribution in [3.63, 3.8) is 0 Å². The Morgan fingerprint density at radius 2 is 2.00 bits per heavy atom. The van der Waals surface area contributed by atoms with Crippen molar-refractivity contribution in [1.29, 1.82) is 0 Å². The molecule has 4 heteroatoms. The first kappa shape index (κ1) is 14.7. The molecule has 0 amide bonds. The summed E-state index contributed by atoms with van der Waals surface area (Å²) < 4.78 is 5.08. The van der Waals surface area contributed by atoms with Gasteiger partial charge < -0.3 is 15.2 Å². The summed E-state index contributed by atoms with van der Waals surface area (Å²) in [6, 6.07) is 13.2. The van der Waals surface area contributed by atoms with E-state index in [1.54, 1.807) is 13.2 Å². The maximum atomic E-state index is 9.52. The van der Waals surface area contributed by atoms with Crippen LogP contribution in [-0.4, -0.2) is 18.8 Å². The van der Waals surface area contributed by atoms with Crippen LogP contribution >= 0.6 is 11.6 Å². The number of nitrogens with one attached hydrogen (secondary N) is 1. The molecule has 0 heterocycles.